The van der Waals surface area contributed by atoms with Gasteiger partial charge in [-0.2, -0.15) is 5.26 Å². The summed E-state index contributed by atoms with van der Waals surface area (Å²) in [6, 6.07) is 4.78. The molecule has 0 atom stereocenters. The highest BCUT2D eigenvalue weighted by molar-refractivity contribution is 6.34. The molecule has 0 aliphatic rings. The predicted molar refractivity (Wildman–Crippen MR) is 55.6 cm³/mol. The Balaban J connectivity index is 3.47. The molecule has 1 rings (SSSR count). The number of anilines is 1. The van der Waals surface area contributed by atoms with E-state index in [-0.39, 0.29) is 27.7 Å². The molecule has 0 heterocycles. The molecule has 0 aliphatic carbocycles. The number of carbonyl (C=O) groups excluding carboxylic acids is 1. The number of hydrogen-bond donors (Lipinski definition) is 1. The van der Waals surface area contributed by atoms with Crippen LogP contribution < -0.4 is 5.73 Å². The minimum atomic E-state index is -0.400. The number of nitriles is 1. The Morgan fingerprint density at radius 3 is 2.71 bits per heavy atom. The van der Waals surface area contributed by atoms with Gasteiger partial charge in [-0.05, 0) is 12.1 Å². The second kappa shape index (κ2) is 4.32. The number of ketones is 1. The van der Waals surface area contributed by atoms with Crippen molar-refractivity contribution in [3.63, 3.8) is 0 Å². The van der Waals surface area contributed by atoms with E-state index in [4.69, 9.17) is 34.2 Å². The Morgan fingerprint density at radius 1 is 1.57 bits per heavy atom. The van der Waals surface area contributed by atoms with Crippen molar-refractivity contribution in [2.45, 2.75) is 0 Å². The van der Waals surface area contributed by atoms with E-state index in [2.05, 4.69) is 0 Å². The maximum absolute atomic E-state index is 11.3. The van der Waals surface area contributed by atoms with Crippen LogP contribution in [0.25, 0.3) is 0 Å². The standard InChI is InChI=1S/C9H6Cl2N2O/c10-3-8(14)9-5(4-12)6(11)1-2-7(9)13/h1-2H,3,13H2. The van der Waals surface area contributed by atoms with Crippen molar-refractivity contribution in [2.75, 3.05) is 11.6 Å². The number of carbonyl (C=O) groups is 1. The average molecular weight is 229 g/mol. The predicted octanol–water partition coefficient (Wildman–Crippen LogP) is 2.22. The summed E-state index contributed by atoms with van der Waals surface area (Å²) < 4.78 is 0. The van der Waals surface area contributed by atoms with Crippen molar-refractivity contribution in [1.29, 1.82) is 5.26 Å². The van der Waals surface area contributed by atoms with Gasteiger partial charge in [-0.3, -0.25) is 4.79 Å². The van der Waals surface area contributed by atoms with Crippen LogP contribution in [0.15, 0.2) is 12.1 Å². The van der Waals surface area contributed by atoms with Crippen molar-refractivity contribution in [1.82, 2.24) is 0 Å². The van der Waals surface area contributed by atoms with Gasteiger partial charge < -0.3 is 5.73 Å². The lowest BCUT2D eigenvalue weighted by Crippen LogP contribution is -2.08. The quantitative estimate of drug-likeness (QED) is 0.480. The van der Waals surface area contributed by atoms with Crippen LogP contribution in [0.1, 0.15) is 15.9 Å². The number of nitrogen functional groups attached to an aromatic ring is 1. The third-order valence-corrected chi connectivity index (χ3v) is 2.26. The molecule has 0 fully saturated rings. The number of hydrogen-bond acceptors (Lipinski definition) is 3. The summed E-state index contributed by atoms with van der Waals surface area (Å²) in [7, 11) is 0. The van der Waals surface area contributed by atoms with Gasteiger partial charge in [0.05, 0.1) is 22.0 Å². The summed E-state index contributed by atoms with van der Waals surface area (Å²) in [4.78, 5) is 11.3. The third-order valence-electron chi connectivity index (χ3n) is 1.70. The molecule has 1 aromatic carbocycles. The lowest BCUT2D eigenvalue weighted by molar-refractivity contribution is 0.102. The first kappa shape index (κ1) is 10.8. The molecule has 0 saturated carbocycles. The molecule has 0 unspecified atom stereocenters. The van der Waals surface area contributed by atoms with Crippen LogP contribution in [0.2, 0.25) is 5.02 Å². The number of nitrogens with zero attached hydrogens (tertiary/aromatic N) is 1. The first-order chi connectivity index (χ1) is 6.61. The maximum Gasteiger partial charge on any atom is 0.181 e. The second-order valence-electron chi connectivity index (χ2n) is 2.56. The first-order valence-corrected chi connectivity index (χ1v) is 4.60. The Kier molecular flexibility index (Phi) is 3.34. The summed E-state index contributed by atoms with van der Waals surface area (Å²) in [6.07, 6.45) is 0. The molecule has 2 N–H and O–H groups in total. The molecule has 0 radical (unpaired) electrons. The monoisotopic (exact) mass is 228 g/mol. The zero-order valence-corrected chi connectivity index (χ0v) is 8.56. The summed E-state index contributed by atoms with van der Waals surface area (Å²) in [5, 5.41) is 8.99. The molecule has 5 heteroatoms. The van der Waals surface area contributed by atoms with Gasteiger partial charge in [0.1, 0.15) is 6.07 Å². The van der Waals surface area contributed by atoms with Crippen molar-refractivity contribution in [2.24, 2.45) is 0 Å². The number of nitrogens with two attached hydrogens (primary N) is 1. The summed E-state index contributed by atoms with van der Waals surface area (Å²) >= 11 is 11.1. The van der Waals surface area contributed by atoms with Gasteiger partial charge >= 0.3 is 0 Å². The Morgan fingerprint density at radius 2 is 2.21 bits per heavy atom. The molecular formula is C9H6Cl2N2O. The van der Waals surface area contributed by atoms with Crippen LogP contribution in [0.3, 0.4) is 0 Å². The van der Waals surface area contributed by atoms with Gasteiger partial charge in [-0.15, -0.1) is 11.6 Å². The van der Waals surface area contributed by atoms with Gasteiger partial charge in [0.15, 0.2) is 5.78 Å². The maximum atomic E-state index is 11.3. The molecule has 0 aliphatic heterocycles. The number of benzene rings is 1. The molecular weight excluding hydrogens is 223 g/mol. The van der Waals surface area contributed by atoms with Gasteiger partial charge in [0, 0.05) is 5.69 Å². The van der Waals surface area contributed by atoms with E-state index in [0.717, 1.165) is 0 Å². The van der Waals surface area contributed by atoms with E-state index in [1.54, 1.807) is 0 Å². The van der Waals surface area contributed by atoms with Crippen molar-refractivity contribution in [3.8, 4) is 6.07 Å². The van der Waals surface area contributed by atoms with Crippen LogP contribution in [0.5, 0.6) is 0 Å². The van der Waals surface area contributed by atoms with Crippen molar-refractivity contribution < 1.29 is 4.79 Å². The summed E-state index contributed by atoms with van der Waals surface area (Å²) in [5.74, 6) is -0.623. The van der Waals surface area contributed by atoms with E-state index < -0.39 is 5.78 Å². The van der Waals surface area contributed by atoms with Gasteiger partial charge in [0.2, 0.25) is 0 Å². The normalized spacial score (nSPS) is 9.50. The topological polar surface area (TPSA) is 66.9 Å². The van der Waals surface area contributed by atoms with Crippen LogP contribution in [-0.2, 0) is 0 Å². The lowest BCUT2D eigenvalue weighted by Gasteiger charge is -2.05. The summed E-state index contributed by atoms with van der Waals surface area (Å²) in [5.41, 5.74) is 5.96. The Bertz CT molecular complexity index is 424. The number of Topliss-reactive ketones (excluding diaryl/α,β-unsaturated/α-hetero) is 1. The average Bonchev–Trinajstić information content (AvgIpc) is 2.19. The van der Waals surface area contributed by atoms with Crippen LogP contribution in [0.4, 0.5) is 5.69 Å². The van der Waals surface area contributed by atoms with Gasteiger partial charge in [0.25, 0.3) is 0 Å². The lowest BCUT2D eigenvalue weighted by atomic mass is 10.0. The van der Waals surface area contributed by atoms with Crippen molar-refractivity contribution in [3.05, 3.63) is 28.3 Å². The largest absolute Gasteiger partial charge is 0.398 e. The van der Waals surface area contributed by atoms with E-state index >= 15 is 0 Å². The number of alkyl halides is 1. The fourth-order valence-corrected chi connectivity index (χ4v) is 1.40. The van der Waals surface area contributed by atoms with Gasteiger partial charge in [-0.25, -0.2) is 0 Å². The molecule has 0 aromatic heterocycles. The second-order valence-corrected chi connectivity index (χ2v) is 3.23. The number of rotatable bonds is 2. The molecule has 72 valence electrons. The molecule has 0 amide bonds. The zero-order valence-electron chi connectivity index (χ0n) is 7.05. The SMILES string of the molecule is N#Cc1c(Cl)ccc(N)c1C(=O)CCl. The van der Waals surface area contributed by atoms with Crippen LogP contribution >= 0.6 is 23.2 Å². The van der Waals surface area contributed by atoms with Crippen molar-refractivity contribution >= 4 is 34.7 Å². The Hall–Kier alpha value is -1.24. The Labute approximate surface area is 91.0 Å². The molecule has 0 saturated heterocycles. The molecule has 14 heavy (non-hydrogen) atoms. The minimum absolute atomic E-state index is 0.0808. The molecule has 3 nitrogen and oxygen atoms in total. The minimum Gasteiger partial charge on any atom is -0.398 e. The molecule has 0 bridgehead atoms. The van der Waals surface area contributed by atoms with E-state index in [0.29, 0.717) is 0 Å². The zero-order chi connectivity index (χ0) is 10.7. The highest BCUT2D eigenvalue weighted by atomic mass is 35.5. The van der Waals surface area contributed by atoms with E-state index in [9.17, 15) is 4.79 Å². The van der Waals surface area contributed by atoms with Gasteiger partial charge in [-0.1, -0.05) is 11.6 Å². The molecule has 0 spiro atoms. The fraction of sp³-hybridized carbons (Fsp3) is 0.111. The first-order valence-electron chi connectivity index (χ1n) is 3.69. The third kappa shape index (κ3) is 1.82. The fourth-order valence-electron chi connectivity index (χ4n) is 1.07. The van der Waals surface area contributed by atoms with Crippen LogP contribution in [-0.4, -0.2) is 11.7 Å². The molecule has 1 aromatic rings. The highest BCUT2D eigenvalue weighted by Gasteiger charge is 2.16. The van der Waals surface area contributed by atoms with E-state index in [1.165, 1.54) is 12.1 Å². The summed E-state index contributed by atoms with van der Waals surface area (Å²) in [6.45, 7) is 0. The van der Waals surface area contributed by atoms with E-state index in [1.807, 2.05) is 6.07 Å². The smallest absolute Gasteiger partial charge is 0.181 e. The van der Waals surface area contributed by atoms with Crippen LogP contribution in [0, 0.1) is 11.3 Å². The number of halogens is 2. The highest BCUT2D eigenvalue weighted by Crippen LogP contribution is 2.25.